The lowest BCUT2D eigenvalue weighted by Gasteiger charge is -2.42. The molecule has 1 aliphatic heterocycles. The van der Waals surface area contributed by atoms with Crippen molar-refractivity contribution in [3.63, 3.8) is 0 Å². The normalized spacial score (nSPS) is 25.1. The largest absolute Gasteiger partial charge is 0.637 e. The molecule has 0 unspecified atom stereocenters. The maximum Gasteiger partial charge on any atom is 0.637 e. The molecule has 1 fully saturated rings. The molecule has 1 saturated heterocycles. The third-order valence-corrected chi connectivity index (χ3v) is 15.9. The Balaban J connectivity index is 3.07. The summed E-state index contributed by atoms with van der Waals surface area (Å²) in [7, 11) is -9.71. The molecule has 5 nitrogen and oxygen atoms in total. The van der Waals surface area contributed by atoms with E-state index in [0.717, 1.165) is 0 Å². The summed E-state index contributed by atoms with van der Waals surface area (Å²) in [5.74, 6) is 0. The average Bonchev–Trinajstić information content (AvgIpc) is 2.23. The maximum atomic E-state index is 6.17. The third-order valence-electron chi connectivity index (χ3n) is 2.26. The lowest BCUT2D eigenvalue weighted by atomic mass is 10.9. The van der Waals surface area contributed by atoms with E-state index >= 15 is 0 Å². The Kier molecular flexibility index (Phi) is 5.85. The standard InChI is InChI=1S/C10H21O5SSi4/c1-8-20(9-2)14-18(4,5)12-17(11-10(3)16)13-19(6,7)15-20/h8-9H,1-2H2,3-7H3. The van der Waals surface area contributed by atoms with Gasteiger partial charge >= 0.3 is 35.2 Å². The first-order valence-electron chi connectivity index (χ1n) is 6.14. The van der Waals surface area contributed by atoms with Crippen LogP contribution in [0.15, 0.2) is 24.6 Å². The van der Waals surface area contributed by atoms with Gasteiger partial charge in [0.2, 0.25) is 0 Å². The highest BCUT2D eigenvalue weighted by Crippen LogP contribution is 2.28. The lowest BCUT2D eigenvalue weighted by molar-refractivity contribution is 0.208. The van der Waals surface area contributed by atoms with Crippen molar-refractivity contribution in [3.8, 4) is 0 Å². The summed E-state index contributed by atoms with van der Waals surface area (Å²) in [4.78, 5) is 0. The first kappa shape index (κ1) is 18.1. The van der Waals surface area contributed by atoms with E-state index in [-0.39, 0.29) is 0 Å². The summed E-state index contributed by atoms with van der Waals surface area (Å²) >= 11 is 4.96. The fourth-order valence-electron chi connectivity index (χ4n) is 1.66. The first-order valence-corrected chi connectivity index (χ1v) is 15.4. The van der Waals surface area contributed by atoms with Gasteiger partial charge in [0, 0.05) is 6.92 Å². The minimum atomic E-state index is -2.72. The molecule has 0 amide bonds. The zero-order valence-corrected chi connectivity index (χ0v) is 17.3. The summed E-state index contributed by atoms with van der Waals surface area (Å²) in [6.07, 6.45) is 0. The molecule has 1 rings (SSSR count). The van der Waals surface area contributed by atoms with Crippen LogP contribution >= 0.6 is 12.2 Å². The minimum Gasteiger partial charge on any atom is -0.493 e. The fraction of sp³-hybridized carbons (Fsp3) is 0.500. The predicted octanol–water partition coefficient (Wildman–Crippen LogP) is 2.71. The molecule has 1 radical (unpaired) electrons. The van der Waals surface area contributed by atoms with Crippen LogP contribution in [0.1, 0.15) is 6.92 Å². The molecule has 0 aromatic heterocycles. The van der Waals surface area contributed by atoms with E-state index in [2.05, 4.69) is 13.2 Å². The topological polar surface area (TPSA) is 46.2 Å². The van der Waals surface area contributed by atoms with Crippen LogP contribution in [0.3, 0.4) is 0 Å². The molecular formula is C10H21O5SSi4. The highest BCUT2D eigenvalue weighted by molar-refractivity contribution is 7.80. The highest BCUT2D eigenvalue weighted by atomic mass is 32.1. The Morgan fingerprint density at radius 3 is 1.75 bits per heavy atom. The van der Waals surface area contributed by atoms with E-state index in [1.54, 1.807) is 18.3 Å². The van der Waals surface area contributed by atoms with Gasteiger partial charge in [0.1, 0.15) is 5.05 Å². The van der Waals surface area contributed by atoms with E-state index in [9.17, 15) is 0 Å². The van der Waals surface area contributed by atoms with Crippen LogP contribution in [0.4, 0.5) is 0 Å². The van der Waals surface area contributed by atoms with Crippen LogP contribution in [0.25, 0.3) is 0 Å². The summed E-state index contributed by atoms with van der Waals surface area (Å²) < 4.78 is 29.8. The van der Waals surface area contributed by atoms with Gasteiger partial charge in [0.25, 0.3) is 0 Å². The zero-order valence-electron chi connectivity index (χ0n) is 12.5. The number of rotatable bonds is 3. The molecule has 113 valence electrons. The van der Waals surface area contributed by atoms with E-state index in [0.29, 0.717) is 5.05 Å². The number of hydrogen-bond donors (Lipinski definition) is 0. The van der Waals surface area contributed by atoms with Gasteiger partial charge < -0.3 is 20.9 Å². The number of thiocarbonyl (C=S) groups is 1. The van der Waals surface area contributed by atoms with Gasteiger partial charge in [0.05, 0.1) is 0 Å². The lowest BCUT2D eigenvalue weighted by Crippen LogP contribution is -2.62. The monoisotopic (exact) mass is 365 g/mol. The summed E-state index contributed by atoms with van der Waals surface area (Å²) in [5.41, 5.74) is 3.42. The second-order valence-corrected chi connectivity index (χ2v) is 17.6. The second-order valence-electron chi connectivity index (χ2n) is 5.18. The molecule has 1 aliphatic rings. The van der Waals surface area contributed by atoms with E-state index in [1.165, 1.54) is 0 Å². The molecule has 0 N–H and O–H groups in total. The van der Waals surface area contributed by atoms with Gasteiger partial charge in [-0.1, -0.05) is 0 Å². The molecule has 20 heavy (non-hydrogen) atoms. The van der Waals surface area contributed by atoms with Gasteiger partial charge in [0.15, 0.2) is 0 Å². The quantitative estimate of drug-likeness (QED) is 0.566. The SMILES string of the molecule is C=C[Si]1(C=C)O[Si](C)(C)O[Si](OC(C)=S)O[Si](C)(C)O1. The van der Waals surface area contributed by atoms with Crippen LogP contribution in [-0.2, 0) is 20.9 Å². The van der Waals surface area contributed by atoms with Crippen molar-refractivity contribution in [2.75, 3.05) is 0 Å². The van der Waals surface area contributed by atoms with Gasteiger partial charge in [-0.2, -0.15) is 0 Å². The Bertz CT molecular complexity index is 384. The Hall–Kier alpha value is 0.0775. The molecule has 0 aromatic rings. The molecular weight excluding hydrogens is 345 g/mol. The van der Waals surface area contributed by atoms with Gasteiger partial charge in [-0.05, 0) is 49.8 Å². The van der Waals surface area contributed by atoms with Crippen molar-refractivity contribution in [2.45, 2.75) is 33.1 Å². The second kappa shape index (κ2) is 6.46. The van der Waals surface area contributed by atoms with Gasteiger partial charge in [-0.3, -0.25) is 0 Å². The Morgan fingerprint density at radius 2 is 1.45 bits per heavy atom. The summed E-state index contributed by atoms with van der Waals surface area (Å²) in [6.45, 7) is 17.0. The molecule has 0 atom stereocenters. The van der Waals surface area contributed by atoms with Gasteiger partial charge in [-0.15, -0.1) is 13.2 Å². The highest BCUT2D eigenvalue weighted by Gasteiger charge is 2.52. The van der Waals surface area contributed by atoms with Crippen LogP contribution in [0.5, 0.6) is 0 Å². The van der Waals surface area contributed by atoms with Crippen LogP contribution < -0.4 is 0 Å². The van der Waals surface area contributed by atoms with E-state index < -0.39 is 35.2 Å². The summed E-state index contributed by atoms with van der Waals surface area (Å²) in [6, 6.07) is 0. The summed E-state index contributed by atoms with van der Waals surface area (Å²) in [5, 5.41) is 0.394. The van der Waals surface area contributed by atoms with Crippen molar-refractivity contribution < 1.29 is 20.9 Å². The predicted molar refractivity (Wildman–Crippen MR) is 90.6 cm³/mol. The van der Waals surface area contributed by atoms with Crippen LogP contribution in [-0.4, -0.2) is 40.3 Å². The van der Waals surface area contributed by atoms with Gasteiger partial charge in [-0.25, -0.2) is 0 Å². The molecule has 1 heterocycles. The molecule has 0 bridgehead atoms. The fourth-order valence-corrected chi connectivity index (χ4v) is 15.5. The van der Waals surface area contributed by atoms with Crippen molar-refractivity contribution in [1.29, 1.82) is 0 Å². The minimum absolute atomic E-state index is 0.394. The van der Waals surface area contributed by atoms with Crippen molar-refractivity contribution in [2.24, 2.45) is 0 Å². The molecule has 0 saturated carbocycles. The third kappa shape index (κ3) is 5.12. The van der Waals surface area contributed by atoms with Crippen molar-refractivity contribution in [3.05, 3.63) is 24.6 Å². The Labute approximate surface area is 131 Å². The molecule has 10 heteroatoms. The van der Waals surface area contributed by atoms with Crippen LogP contribution in [0.2, 0.25) is 26.2 Å². The Morgan fingerprint density at radius 1 is 1.05 bits per heavy atom. The first-order chi connectivity index (χ1) is 9.03. The molecule has 0 aliphatic carbocycles. The van der Waals surface area contributed by atoms with Crippen molar-refractivity contribution >= 4 is 52.5 Å². The molecule has 0 spiro atoms. The van der Waals surface area contributed by atoms with E-state index in [4.69, 9.17) is 33.1 Å². The van der Waals surface area contributed by atoms with Crippen molar-refractivity contribution in [1.82, 2.24) is 0 Å². The zero-order chi connectivity index (χ0) is 15.6. The smallest absolute Gasteiger partial charge is 0.493 e. The van der Waals surface area contributed by atoms with Crippen LogP contribution in [0, 0.1) is 0 Å². The number of hydrogen-bond acceptors (Lipinski definition) is 6. The maximum absolute atomic E-state index is 6.17. The van der Waals surface area contributed by atoms with E-state index in [1.807, 2.05) is 26.2 Å². The average molecular weight is 366 g/mol. The molecule has 0 aromatic carbocycles.